The normalized spacial score (nSPS) is 21.1. The monoisotopic (exact) mass is 308 g/mol. The summed E-state index contributed by atoms with van der Waals surface area (Å²) >= 11 is 0. The van der Waals surface area contributed by atoms with E-state index in [1.54, 1.807) is 7.11 Å². The van der Waals surface area contributed by atoms with Crippen molar-refractivity contribution < 1.29 is 9.84 Å². The molecule has 1 fully saturated rings. The summed E-state index contributed by atoms with van der Waals surface area (Å²) in [5.41, 5.74) is 2.82. The molecule has 0 radical (unpaired) electrons. The first kappa shape index (κ1) is 15.5. The van der Waals surface area contributed by atoms with E-state index in [0.717, 1.165) is 16.9 Å². The predicted octanol–water partition coefficient (Wildman–Crippen LogP) is 2.87. The second-order valence-electron chi connectivity index (χ2n) is 5.88. The minimum Gasteiger partial charge on any atom is -0.497 e. The van der Waals surface area contributed by atoms with Crippen LogP contribution in [0.15, 0.2) is 48.5 Å². The van der Waals surface area contributed by atoms with Crippen molar-refractivity contribution in [3.05, 3.63) is 65.2 Å². The molecule has 23 heavy (non-hydrogen) atoms. The molecule has 0 bridgehead atoms. The molecule has 4 heteroatoms. The van der Waals surface area contributed by atoms with Crippen molar-refractivity contribution in [2.24, 2.45) is 0 Å². The molecule has 1 N–H and O–H groups in total. The van der Waals surface area contributed by atoms with Gasteiger partial charge in [0.05, 0.1) is 24.8 Å². The molecule has 1 saturated heterocycles. The Hall–Kier alpha value is -2.35. The molecule has 1 aliphatic rings. The molecule has 2 atom stereocenters. The first-order valence-electron chi connectivity index (χ1n) is 7.75. The summed E-state index contributed by atoms with van der Waals surface area (Å²) in [6, 6.07) is 18.0. The van der Waals surface area contributed by atoms with Crippen LogP contribution >= 0.6 is 0 Å². The third-order valence-electron chi connectivity index (χ3n) is 4.37. The summed E-state index contributed by atoms with van der Waals surface area (Å²) in [5, 5.41) is 19.4. The molecule has 1 heterocycles. The molecule has 0 spiro atoms. The average Bonchev–Trinajstić information content (AvgIpc) is 2.96. The van der Waals surface area contributed by atoms with Gasteiger partial charge in [-0.25, -0.2) is 0 Å². The van der Waals surface area contributed by atoms with Crippen molar-refractivity contribution in [2.45, 2.75) is 25.1 Å². The van der Waals surface area contributed by atoms with Crippen LogP contribution in [0.1, 0.15) is 29.2 Å². The van der Waals surface area contributed by atoms with E-state index in [1.165, 1.54) is 0 Å². The molecule has 3 rings (SSSR count). The van der Waals surface area contributed by atoms with Crippen LogP contribution in [-0.4, -0.2) is 29.8 Å². The van der Waals surface area contributed by atoms with E-state index in [1.807, 2.05) is 42.5 Å². The summed E-state index contributed by atoms with van der Waals surface area (Å²) in [6.45, 7) is 1.27. The molecule has 2 aromatic carbocycles. The maximum Gasteiger partial charge on any atom is 0.119 e. The molecular formula is C19H20N2O2. The lowest BCUT2D eigenvalue weighted by atomic mass is 10.0. The van der Waals surface area contributed by atoms with Crippen molar-refractivity contribution in [1.29, 1.82) is 5.26 Å². The Labute approximate surface area is 136 Å². The Bertz CT molecular complexity index is 723. The molecule has 1 aliphatic heterocycles. The average molecular weight is 308 g/mol. The molecule has 0 aromatic heterocycles. The number of nitriles is 1. The number of β-amino-alcohol motifs (C(OH)–C–C–N with tert-alkyl or cyclic N) is 1. The van der Waals surface area contributed by atoms with Crippen molar-refractivity contribution in [2.75, 3.05) is 13.7 Å². The smallest absolute Gasteiger partial charge is 0.119 e. The highest BCUT2D eigenvalue weighted by Crippen LogP contribution is 2.35. The number of aliphatic hydroxyl groups excluding tert-OH is 1. The van der Waals surface area contributed by atoms with Crippen LogP contribution < -0.4 is 4.74 Å². The van der Waals surface area contributed by atoms with Gasteiger partial charge in [-0.2, -0.15) is 5.26 Å². The van der Waals surface area contributed by atoms with E-state index < -0.39 is 0 Å². The Kier molecular flexibility index (Phi) is 4.61. The summed E-state index contributed by atoms with van der Waals surface area (Å²) in [7, 11) is 1.66. The largest absolute Gasteiger partial charge is 0.497 e. The fourth-order valence-corrected chi connectivity index (χ4v) is 3.24. The van der Waals surface area contributed by atoms with E-state index in [0.29, 0.717) is 25.1 Å². The molecule has 2 aromatic rings. The van der Waals surface area contributed by atoms with Gasteiger partial charge in [0.2, 0.25) is 0 Å². The Morgan fingerprint density at radius 3 is 2.87 bits per heavy atom. The van der Waals surface area contributed by atoms with E-state index in [4.69, 9.17) is 4.74 Å². The van der Waals surface area contributed by atoms with Crippen LogP contribution in [0, 0.1) is 11.3 Å². The Morgan fingerprint density at radius 2 is 2.09 bits per heavy atom. The van der Waals surface area contributed by atoms with Gasteiger partial charge in [-0.05, 0) is 35.7 Å². The molecule has 0 amide bonds. The minimum absolute atomic E-state index is 0.131. The van der Waals surface area contributed by atoms with Crippen LogP contribution in [-0.2, 0) is 6.54 Å². The van der Waals surface area contributed by atoms with Gasteiger partial charge in [-0.3, -0.25) is 4.90 Å². The summed E-state index contributed by atoms with van der Waals surface area (Å²) in [4.78, 5) is 2.23. The van der Waals surface area contributed by atoms with E-state index in [2.05, 4.69) is 17.0 Å². The van der Waals surface area contributed by atoms with Gasteiger partial charge in [-0.15, -0.1) is 0 Å². The Morgan fingerprint density at radius 1 is 1.26 bits per heavy atom. The molecule has 118 valence electrons. The minimum atomic E-state index is -0.347. The lowest BCUT2D eigenvalue weighted by molar-refractivity contribution is 0.172. The topological polar surface area (TPSA) is 56.5 Å². The van der Waals surface area contributed by atoms with E-state index in [-0.39, 0.29) is 12.1 Å². The number of ether oxygens (including phenoxy) is 1. The first-order chi connectivity index (χ1) is 11.2. The highest BCUT2D eigenvalue weighted by molar-refractivity contribution is 5.38. The lowest BCUT2D eigenvalue weighted by Gasteiger charge is -2.25. The SMILES string of the molecule is COc1cccc([C@H]2C[C@@H](O)CN2Cc2ccccc2C#N)c1. The number of methoxy groups -OCH3 is 1. The van der Waals surface area contributed by atoms with Crippen LogP contribution in [0.4, 0.5) is 0 Å². The number of aliphatic hydroxyl groups is 1. The predicted molar refractivity (Wildman–Crippen MR) is 87.9 cm³/mol. The first-order valence-corrected chi connectivity index (χ1v) is 7.75. The van der Waals surface area contributed by atoms with Gasteiger partial charge in [0.1, 0.15) is 5.75 Å². The molecule has 0 aliphatic carbocycles. The van der Waals surface area contributed by atoms with Gasteiger partial charge >= 0.3 is 0 Å². The van der Waals surface area contributed by atoms with Gasteiger partial charge in [0.15, 0.2) is 0 Å². The van der Waals surface area contributed by atoms with Crippen molar-refractivity contribution in [1.82, 2.24) is 4.90 Å². The fourth-order valence-electron chi connectivity index (χ4n) is 3.24. The summed E-state index contributed by atoms with van der Waals surface area (Å²) < 4.78 is 5.31. The molecular weight excluding hydrogens is 288 g/mol. The van der Waals surface area contributed by atoms with Gasteiger partial charge in [-0.1, -0.05) is 30.3 Å². The number of rotatable bonds is 4. The van der Waals surface area contributed by atoms with Crippen molar-refractivity contribution in [3.63, 3.8) is 0 Å². The van der Waals surface area contributed by atoms with Crippen molar-refractivity contribution in [3.8, 4) is 11.8 Å². The standard InChI is InChI=1S/C19H20N2O2/c1-23-18-8-4-7-14(9-18)19-10-17(22)13-21(19)12-16-6-3-2-5-15(16)11-20/h2-9,17,19,22H,10,12-13H2,1H3/t17-,19-/m1/s1. The van der Waals surface area contributed by atoms with Gasteiger partial charge in [0.25, 0.3) is 0 Å². The zero-order chi connectivity index (χ0) is 16.2. The van der Waals surface area contributed by atoms with Crippen LogP contribution in [0.3, 0.4) is 0 Å². The third-order valence-corrected chi connectivity index (χ3v) is 4.37. The van der Waals surface area contributed by atoms with E-state index in [9.17, 15) is 10.4 Å². The Balaban J connectivity index is 1.86. The van der Waals surface area contributed by atoms with E-state index >= 15 is 0 Å². The summed E-state index contributed by atoms with van der Waals surface area (Å²) in [5.74, 6) is 0.821. The molecule has 0 saturated carbocycles. The van der Waals surface area contributed by atoms with Crippen LogP contribution in [0.5, 0.6) is 5.75 Å². The third kappa shape index (κ3) is 3.37. The zero-order valence-electron chi connectivity index (χ0n) is 13.1. The molecule has 0 unspecified atom stereocenters. The zero-order valence-corrected chi connectivity index (χ0v) is 13.1. The number of benzene rings is 2. The maximum absolute atomic E-state index is 10.1. The second-order valence-corrected chi connectivity index (χ2v) is 5.88. The highest BCUT2D eigenvalue weighted by Gasteiger charge is 2.32. The number of hydrogen-bond acceptors (Lipinski definition) is 4. The number of nitrogens with zero attached hydrogens (tertiary/aromatic N) is 2. The number of likely N-dealkylation sites (tertiary alicyclic amines) is 1. The fraction of sp³-hybridized carbons (Fsp3) is 0.316. The lowest BCUT2D eigenvalue weighted by Crippen LogP contribution is -2.24. The maximum atomic E-state index is 10.1. The van der Waals surface area contributed by atoms with Crippen LogP contribution in [0.25, 0.3) is 0 Å². The van der Waals surface area contributed by atoms with Crippen molar-refractivity contribution >= 4 is 0 Å². The van der Waals surface area contributed by atoms with Gasteiger partial charge < -0.3 is 9.84 Å². The highest BCUT2D eigenvalue weighted by atomic mass is 16.5. The van der Waals surface area contributed by atoms with Gasteiger partial charge in [0, 0.05) is 19.1 Å². The molecule has 4 nitrogen and oxygen atoms in total. The van der Waals surface area contributed by atoms with Crippen LogP contribution in [0.2, 0.25) is 0 Å². The quantitative estimate of drug-likeness (QED) is 0.943. The number of hydrogen-bond donors (Lipinski definition) is 1. The second kappa shape index (κ2) is 6.82. The summed E-state index contributed by atoms with van der Waals surface area (Å²) in [6.07, 6.45) is 0.350.